The summed E-state index contributed by atoms with van der Waals surface area (Å²) in [6, 6.07) is 10.2. The van der Waals surface area contributed by atoms with E-state index in [0.29, 0.717) is 22.5 Å². The van der Waals surface area contributed by atoms with Gasteiger partial charge in [0.25, 0.3) is 0 Å². The minimum atomic E-state index is -0.676. The molecule has 2 fully saturated rings. The molecule has 2 heterocycles. The summed E-state index contributed by atoms with van der Waals surface area (Å²) >= 11 is 12.7. The molecule has 2 aromatic rings. The summed E-state index contributed by atoms with van der Waals surface area (Å²) < 4.78 is 0. The molecule has 0 saturated carbocycles. The van der Waals surface area contributed by atoms with Gasteiger partial charge < -0.3 is 10.0 Å². The van der Waals surface area contributed by atoms with E-state index in [-0.39, 0.29) is 5.92 Å². The van der Waals surface area contributed by atoms with E-state index in [1.165, 1.54) is 22.3 Å². The van der Waals surface area contributed by atoms with Crippen molar-refractivity contribution >= 4 is 34.9 Å². The second-order valence-corrected chi connectivity index (χ2v) is 9.18. The van der Waals surface area contributed by atoms with Gasteiger partial charge in [-0.15, -0.1) is 0 Å². The number of rotatable bonds is 5. The lowest BCUT2D eigenvalue weighted by atomic mass is 9.87. The number of aliphatic carboxylic acids is 1. The molecule has 0 amide bonds. The zero-order chi connectivity index (χ0) is 20.7. The summed E-state index contributed by atoms with van der Waals surface area (Å²) in [7, 11) is 0. The lowest BCUT2D eigenvalue weighted by Gasteiger charge is -2.42. The summed E-state index contributed by atoms with van der Waals surface area (Å²) in [6.07, 6.45) is 0.744. The van der Waals surface area contributed by atoms with E-state index in [0.717, 1.165) is 38.3 Å². The molecule has 1 N–H and O–H groups in total. The normalized spacial score (nSPS) is 20.1. The van der Waals surface area contributed by atoms with Gasteiger partial charge in [-0.2, -0.15) is 0 Å². The molecule has 0 spiro atoms. The molecule has 0 aromatic heterocycles. The first-order valence-corrected chi connectivity index (χ1v) is 10.8. The smallest absolute Gasteiger partial charge is 0.307 e. The highest BCUT2D eigenvalue weighted by molar-refractivity contribution is 6.39. The molecule has 2 saturated heterocycles. The topological polar surface area (TPSA) is 43.8 Å². The predicted molar refractivity (Wildman–Crippen MR) is 118 cm³/mol. The van der Waals surface area contributed by atoms with Gasteiger partial charge in [-0.25, -0.2) is 0 Å². The largest absolute Gasteiger partial charge is 0.481 e. The number of anilines is 1. The van der Waals surface area contributed by atoms with E-state index in [1.54, 1.807) is 0 Å². The predicted octanol–water partition coefficient (Wildman–Crippen LogP) is 5.12. The number of halogens is 2. The Kier molecular flexibility index (Phi) is 5.78. The molecule has 1 atom stereocenters. The Morgan fingerprint density at radius 2 is 1.72 bits per heavy atom. The number of carbonyl (C=O) groups is 1. The third-order valence-corrected chi connectivity index (χ3v) is 6.94. The summed E-state index contributed by atoms with van der Waals surface area (Å²) in [6.45, 7) is 8.48. The molecule has 154 valence electrons. The monoisotopic (exact) mass is 432 g/mol. The van der Waals surface area contributed by atoms with Crippen molar-refractivity contribution in [2.75, 3.05) is 31.1 Å². The number of para-hydroxylation sites is 1. The molecular weight excluding hydrogens is 407 g/mol. The number of carboxylic acids is 1. The fourth-order valence-electron chi connectivity index (χ4n) is 4.58. The SMILES string of the molecule is Cc1cc(C2CN(c3c(Cl)cccc3Cl)C2)cc(C)c1CN1CC[C@H](C(=O)O)C1. The number of nitrogens with zero attached hydrogens (tertiary/aromatic N) is 2. The zero-order valence-corrected chi connectivity index (χ0v) is 18.3. The van der Waals surface area contributed by atoms with Crippen molar-refractivity contribution in [1.29, 1.82) is 0 Å². The molecule has 4 nitrogen and oxygen atoms in total. The number of aryl methyl sites for hydroxylation is 2. The Balaban J connectivity index is 1.44. The van der Waals surface area contributed by atoms with Crippen LogP contribution in [0.3, 0.4) is 0 Å². The average Bonchev–Trinajstić information content (AvgIpc) is 3.08. The third-order valence-electron chi connectivity index (χ3n) is 6.33. The molecule has 0 bridgehead atoms. The van der Waals surface area contributed by atoms with Crippen LogP contribution in [0.25, 0.3) is 0 Å². The minimum Gasteiger partial charge on any atom is -0.481 e. The maximum absolute atomic E-state index is 11.2. The lowest BCUT2D eigenvalue weighted by molar-refractivity contribution is -0.141. The van der Waals surface area contributed by atoms with Gasteiger partial charge in [-0.1, -0.05) is 41.4 Å². The van der Waals surface area contributed by atoms with Crippen molar-refractivity contribution in [3.63, 3.8) is 0 Å². The van der Waals surface area contributed by atoms with Gasteiger partial charge in [0.2, 0.25) is 0 Å². The molecule has 0 aliphatic carbocycles. The quantitative estimate of drug-likeness (QED) is 0.711. The van der Waals surface area contributed by atoms with Crippen molar-refractivity contribution in [2.24, 2.45) is 5.92 Å². The van der Waals surface area contributed by atoms with Gasteiger partial charge >= 0.3 is 5.97 Å². The first kappa shape index (κ1) is 20.5. The van der Waals surface area contributed by atoms with Crippen LogP contribution in [0.1, 0.15) is 34.6 Å². The highest BCUT2D eigenvalue weighted by atomic mass is 35.5. The van der Waals surface area contributed by atoms with E-state index in [4.69, 9.17) is 23.2 Å². The van der Waals surface area contributed by atoms with E-state index in [9.17, 15) is 9.90 Å². The molecule has 2 aromatic carbocycles. The van der Waals surface area contributed by atoms with Crippen LogP contribution in [0.15, 0.2) is 30.3 Å². The van der Waals surface area contributed by atoms with Crippen LogP contribution in [-0.2, 0) is 11.3 Å². The first-order chi connectivity index (χ1) is 13.8. The molecule has 29 heavy (non-hydrogen) atoms. The van der Waals surface area contributed by atoms with Crippen LogP contribution in [0.4, 0.5) is 5.69 Å². The Morgan fingerprint density at radius 1 is 1.10 bits per heavy atom. The molecule has 2 aliphatic rings. The van der Waals surface area contributed by atoms with Crippen LogP contribution in [0, 0.1) is 19.8 Å². The molecule has 2 aliphatic heterocycles. The van der Waals surface area contributed by atoms with Crippen LogP contribution in [0.2, 0.25) is 10.0 Å². The number of carboxylic acid groups (broad SMARTS) is 1. The van der Waals surface area contributed by atoms with E-state index < -0.39 is 5.97 Å². The Labute approximate surface area is 182 Å². The molecule has 4 rings (SSSR count). The van der Waals surface area contributed by atoms with Gasteiger partial charge in [-0.05, 0) is 61.2 Å². The maximum atomic E-state index is 11.2. The number of hydrogen-bond acceptors (Lipinski definition) is 3. The molecule has 0 radical (unpaired) electrons. The lowest BCUT2D eigenvalue weighted by Crippen LogP contribution is -2.45. The standard InChI is InChI=1S/C23H26Cl2N2O2/c1-14-8-17(18-11-27(12-18)22-20(24)4-3-5-21(22)25)9-15(2)19(14)13-26-7-6-16(10-26)23(28)29/h3-5,8-9,16,18H,6-7,10-13H2,1-2H3,(H,28,29)/t16-/m0/s1. The maximum Gasteiger partial charge on any atom is 0.307 e. The second kappa shape index (κ2) is 8.17. The van der Waals surface area contributed by atoms with Crippen LogP contribution in [-0.4, -0.2) is 42.2 Å². The fourth-order valence-corrected chi connectivity index (χ4v) is 5.21. The number of benzene rings is 2. The van der Waals surface area contributed by atoms with Crippen LogP contribution in [0.5, 0.6) is 0 Å². The summed E-state index contributed by atoms with van der Waals surface area (Å²) in [5.41, 5.74) is 6.18. The van der Waals surface area contributed by atoms with Crippen molar-refractivity contribution < 1.29 is 9.90 Å². The Morgan fingerprint density at radius 3 is 2.28 bits per heavy atom. The Bertz CT molecular complexity index is 897. The van der Waals surface area contributed by atoms with Gasteiger partial charge in [0.05, 0.1) is 21.7 Å². The highest BCUT2D eigenvalue weighted by Crippen LogP contribution is 2.40. The van der Waals surface area contributed by atoms with Crippen molar-refractivity contribution in [2.45, 2.75) is 32.7 Å². The van der Waals surface area contributed by atoms with Gasteiger partial charge in [-0.3, -0.25) is 9.69 Å². The van der Waals surface area contributed by atoms with Gasteiger partial charge in [0.1, 0.15) is 0 Å². The van der Waals surface area contributed by atoms with Gasteiger partial charge in [0.15, 0.2) is 0 Å². The summed E-state index contributed by atoms with van der Waals surface area (Å²) in [5, 5.41) is 10.6. The summed E-state index contributed by atoms with van der Waals surface area (Å²) in [5.74, 6) is -0.436. The average molecular weight is 433 g/mol. The fraction of sp³-hybridized carbons (Fsp3) is 0.435. The minimum absolute atomic E-state index is 0.229. The van der Waals surface area contributed by atoms with Crippen LogP contribution >= 0.6 is 23.2 Å². The molecule has 6 heteroatoms. The molecule has 0 unspecified atom stereocenters. The van der Waals surface area contributed by atoms with Gasteiger partial charge in [0, 0.05) is 32.1 Å². The Hall–Kier alpha value is -1.75. The van der Waals surface area contributed by atoms with Crippen molar-refractivity contribution in [3.8, 4) is 0 Å². The number of hydrogen-bond donors (Lipinski definition) is 1. The highest BCUT2D eigenvalue weighted by Gasteiger charge is 2.32. The van der Waals surface area contributed by atoms with Crippen molar-refractivity contribution in [3.05, 3.63) is 62.6 Å². The van der Waals surface area contributed by atoms with Crippen LogP contribution < -0.4 is 4.90 Å². The number of likely N-dealkylation sites (tertiary alicyclic amines) is 1. The molecular formula is C23H26Cl2N2O2. The van der Waals surface area contributed by atoms with E-state index in [2.05, 4.69) is 35.8 Å². The zero-order valence-electron chi connectivity index (χ0n) is 16.8. The van der Waals surface area contributed by atoms with E-state index in [1.807, 2.05) is 18.2 Å². The second-order valence-electron chi connectivity index (χ2n) is 8.36. The summed E-state index contributed by atoms with van der Waals surface area (Å²) in [4.78, 5) is 15.7. The third kappa shape index (κ3) is 4.11. The first-order valence-electron chi connectivity index (χ1n) is 10.1. The van der Waals surface area contributed by atoms with E-state index >= 15 is 0 Å². The van der Waals surface area contributed by atoms with Crippen molar-refractivity contribution in [1.82, 2.24) is 4.90 Å².